The number of rotatable bonds is 3. The van der Waals surface area contributed by atoms with Gasteiger partial charge in [0, 0.05) is 5.41 Å². The third-order valence-electron chi connectivity index (χ3n) is 4.91. The number of carbonyl (C=O) groups excluding carboxylic acids is 1. The van der Waals surface area contributed by atoms with Crippen molar-refractivity contribution in [3.8, 4) is 0 Å². The van der Waals surface area contributed by atoms with Crippen molar-refractivity contribution in [2.75, 3.05) is 0 Å². The smallest absolute Gasteiger partial charge is 0.323 e. The highest BCUT2D eigenvalue weighted by Crippen LogP contribution is 2.41. The van der Waals surface area contributed by atoms with E-state index in [9.17, 15) is 9.59 Å². The Hall–Kier alpha value is -0.900. The van der Waals surface area contributed by atoms with Gasteiger partial charge in [0.15, 0.2) is 0 Å². The number of carboxylic acid groups (broad SMARTS) is 1. The van der Waals surface area contributed by atoms with Crippen LogP contribution >= 0.6 is 0 Å². The summed E-state index contributed by atoms with van der Waals surface area (Å²) in [5, 5.41) is 8.55. The zero-order valence-electron chi connectivity index (χ0n) is 12.2. The molecule has 0 atom stereocenters. The van der Waals surface area contributed by atoms with Crippen molar-refractivity contribution < 1.29 is 14.7 Å². The highest BCUT2D eigenvalue weighted by atomic mass is 16.4. The predicted octanol–water partition coefficient (Wildman–Crippen LogP) is 2.89. The molecule has 2 rings (SSSR count). The molecule has 2 saturated carbocycles. The summed E-state index contributed by atoms with van der Waals surface area (Å²) in [6.45, 7) is 3.88. The summed E-state index contributed by atoms with van der Waals surface area (Å²) in [6.07, 6.45) is 9.04. The minimum atomic E-state index is -0.889. The molecule has 0 unspecified atom stereocenters. The highest BCUT2D eigenvalue weighted by molar-refractivity contribution is 5.82. The van der Waals surface area contributed by atoms with Gasteiger partial charge in [-0.15, -0.1) is 0 Å². The molecule has 2 fully saturated rings. The number of nitrogens with two attached hydrogens (primary N) is 1. The topological polar surface area (TPSA) is 80.4 Å². The maximum Gasteiger partial charge on any atom is 0.323 e. The normalized spacial score (nSPS) is 23.5. The Bertz CT molecular complexity index is 326. The van der Waals surface area contributed by atoms with Gasteiger partial charge in [-0.1, -0.05) is 32.6 Å². The molecule has 0 amide bonds. The number of ketones is 1. The van der Waals surface area contributed by atoms with Crippen molar-refractivity contribution in [3.63, 3.8) is 0 Å². The van der Waals surface area contributed by atoms with E-state index in [0.717, 1.165) is 32.1 Å². The molecule has 4 nitrogen and oxygen atoms in total. The molecule has 3 N–H and O–H groups in total. The lowest BCUT2D eigenvalue weighted by molar-refractivity contribution is -0.143. The van der Waals surface area contributed by atoms with Gasteiger partial charge in [-0.05, 0) is 39.0 Å². The van der Waals surface area contributed by atoms with Gasteiger partial charge in [0.25, 0.3) is 0 Å². The summed E-state index contributed by atoms with van der Waals surface area (Å²) in [5.41, 5.74) is 4.71. The summed E-state index contributed by atoms with van der Waals surface area (Å²) in [5.74, 6) is -0.437. The van der Waals surface area contributed by atoms with Crippen molar-refractivity contribution >= 4 is 11.8 Å². The molecule has 0 spiro atoms. The molecule has 0 bridgehead atoms. The van der Waals surface area contributed by atoms with Crippen molar-refractivity contribution in [2.45, 2.75) is 77.2 Å². The van der Waals surface area contributed by atoms with E-state index >= 15 is 0 Å². The van der Waals surface area contributed by atoms with Gasteiger partial charge in [0.1, 0.15) is 11.3 Å². The predicted molar refractivity (Wildman–Crippen MR) is 74.9 cm³/mol. The molecule has 110 valence electrons. The number of aliphatic carboxylic acids is 1. The molecule has 0 aromatic rings. The first kappa shape index (κ1) is 16.2. The van der Waals surface area contributed by atoms with E-state index in [4.69, 9.17) is 10.8 Å². The molecule has 19 heavy (non-hydrogen) atoms. The van der Waals surface area contributed by atoms with Crippen LogP contribution in [0.4, 0.5) is 0 Å². The summed E-state index contributed by atoms with van der Waals surface area (Å²) in [4.78, 5) is 21.6. The molecule has 2 aliphatic rings. The molecule has 0 saturated heterocycles. The van der Waals surface area contributed by atoms with Crippen LogP contribution in [0.2, 0.25) is 0 Å². The summed E-state index contributed by atoms with van der Waals surface area (Å²) < 4.78 is 0. The molecule has 0 aliphatic heterocycles. The molecule has 2 aliphatic carbocycles. The van der Waals surface area contributed by atoms with Gasteiger partial charge in [0.2, 0.25) is 0 Å². The average molecular weight is 269 g/mol. The van der Waals surface area contributed by atoms with E-state index in [1.807, 2.05) is 0 Å². The Labute approximate surface area is 115 Å². The monoisotopic (exact) mass is 269 g/mol. The largest absolute Gasteiger partial charge is 0.480 e. The zero-order chi connectivity index (χ0) is 14.5. The van der Waals surface area contributed by atoms with Crippen LogP contribution in [-0.4, -0.2) is 22.4 Å². The van der Waals surface area contributed by atoms with E-state index in [0.29, 0.717) is 18.6 Å². The van der Waals surface area contributed by atoms with Crippen molar-refractivity contribution in [1.29, 1.82) is 0 Å². The van der Waals surface area contributed by atoms with Gasteiger partial charge in [-0.2, -0.15) is 0 Å². The van der Waals surface area contributed by atoms with Crippen LogP contribution in [0.3, 0.4) is 0 Å². The molecule has 0 aromatic carbocycles. The van der Waals surface area contributed by atoms with E-state index in [1.165, 1.54) is 12.8 Å². The van der Waals surface area contributed by atoms with E-state index in [2.05, 4.69) is 6.92 Å². The minimum Gasteiger partial charge on any atom is -0.480 e. The Morgan fingerprint density at radius 3 is 1.68 bits per heavy atom. The molecule has 4 heteroatoms. The fraction of sp³-hybridized carbons (Fsp3) is 0.867. The van der Waals surface area contributed by atoms with E-state index < -0.39 is 11.5 Å². The first-order valence-electron chi connectivity index (χ1n) is 7.40. The molecule has 0 heterocycles. The van der Waals surface area contributed by atoms with Crippen molar-refractivity contribution in [1.82, 2.24) is 0 Å². The average Bonchev–Trinajstić information content (AvgIpc) is 2.99. The second-order valence-electron chi connectivity index (χ2n) is 6.07. The van der Waals surface area contributed by atoms with E-state index in [1.54, 1.807) is 6.92 Å². The fourth-order valence-electron chi connectivity index (χ4n) is 3.23. The number of hydrogen-bond donors (Lipinski definition) is 2. The number of Topliss-reactive ketones (excluding diaryl/α,β-unsaturated/α-hetero) is 1. The van der Waals surface area contributed by atoms with Crippen LogP contribution in [-0.2, 0) is 9.59 Å². The van der Waals surface area contributed by atoms with Gasteiger partial charge in [0.05, 0.1) is 0 Å². The molecule has 0 aromatic heterocycles. The quantitative estimate of drug-likeness (QED) is 0.825. The van der Waals surface area contributed by atoms with Gasteiger partial charge in [-0.3, -0.25) is 9.59 Å². The van der Waals surface area contributed by atoms with Crippen LogP contribution in [0.5, 0.6) is 0 Å². The van der Waals surface area contributed by atoms with Crippen LogP contribution < -0.4 is 5.73 Å². The highest BCUT2D eigenvalue weighted by Gasteiger charge is 2.37. The lowest BCUT2D eigenvalue weighted by Crippen LogP contribution is -2.44. The van der Waals surface area contributed by atoms with Crippen molar-refractivity contribution in [2.24, 2.45) is 11.1 Å². The van der Waals surface area contributed by atoms with Crippen LogP contribution in [0.25, 0.3) is 0 Å². The number of hydrogen-bond acceptors (Lipinski definition) is 3. The molecular formula is C15H27NO3. The fourth-order valence-corrected chi connectivity index (χ4v) is 3.23. The van der Waals surface area contributed by atoms with Crippen LogP contribution in [0.15, 0.2) is 0 Å². The Morgan fingerprint density at radius 2 is 1.47 bits per heavy atom. The maximum atomic E-state index is 11.2. The van der Waals surface area contributed by atoms with Gasteiger partial charge >= 0.3 is 5.97 Å². The Kier molecular flexibility index (Phi) is 5.53. The van der Waals surface area contributed by atoms with E-state index in [-0.39, 0.29) is 5.41 Å². The summed E-state index contributed by atoms with van der Waals surface area (Å²) in [7, 11) is 0. The molecule has 0 radical (unpaired) electrons. The first-order chi connectivity index (χ1) is 8.86. The maximum absolute atomic E-state index is 11.2. The van der Waals surface area contributed by atoms with Crippen LogP contribution in [0.1, 0.15) is 71.6 Å². The minimum absolute atomic E-state index is 0.0972. The van der Waals surface area contributed by atoms with Crippen molar-refractivity contribution in [3.05, 3.63) is 0 Å². The third kappa shape index (κ3) is 3.78. The second kappa shape index (κ2) is 6.51. The summed E-state index contributed by atoms with van der Waals surface area (Å²) in [6, 6.07) is 0. The second-order valence-corrected chi connectivity index (χ2v) is 6.07. The Morgan fingerprint density at radius 1 is 1.05 bits per heavy atom. The number of carboxylic acids is 1. The SMILES string of the molecule is CCC1(C(C)=O)CCCC1.NC1(C(=O)O)CCCC1. The van der Waals surface area contributed by atoms with Crippen LogP contribution in [0, 0.1) is 5.41 Å². The van der Waals surface area contributed by atoms with Gasteiger partial charge in [-0.25, -0.2) is 0 Å². The standard InChI is InChI=1S/C9H16O.C6H11NO2/c1-3-9(8(2)10)6-4-5-7-9;7-6(5(8)9)3-1-2-4-6/h3-7H2,1-2H3;1-4,7H2,(H,8,9). The third-order valence-corrected chi connectivity index (χ3v) is 4.91. The zero-order valence-corrected chi connectivity index (χ0v) is 12.2. The lowest BCUT2D eigenvalue weighted by atomic mass is 9.80. The molecular weight excluding hydrogens is 242 g/mol. The van der Waals surface area contributed by atoms with Gasteiger partial charge < -0.3 is 10.8 Å². The first-order valence-corrected chi connectivity index (χ1v) is 7.40. The number of carbonyl (C=O) groups is 2. The lowest BCUT2D eigenvalue weighted by Gasteiger charge is -2.23. The summed E-state index contributed by atoms with van der Waals surface area (Å²) >= 11 is 0. The Balaban J connectivity index is 0.000000191.